The Morgan fingerprint density at radius 2 is 2.00 bits per heavy atom. The fraction of sp³-hybridized carbons (Fsp3) is 0.250. The first-order valence-corrected chi connectivity index (χ1v) is 11.8. The molecule has 154 valence electrons. The molecular weight excluding hydrogens is 463 g/mol. The van der Waals surface area contributed by atoms with Crippen LogP contribution in [0.5, 0.6) is 0 Å². The van der Waals surface area contributed by atoms with Crippen LogP contribution in [0.25, 0.3) is 22.4 Å². The number of para-hydroxylation sites is 2. The zero-order chi connectivity index (χ0) is 20.7. The number of nitrogens with zero attached hydrogens (tertiary/aromatic N) is 3. The Labute approximate surface area is 190 Å². The lowest BCUT2D eigenvalue weighted by atomic mass is 9.96. The van der Waals surface area contributed by atoms with E-state index in [1.54, 1.807) is 6.07 Å². The van der Waals surface area contributed by atoms with E-state index >= 15 is 0 Å². The van der Waals surface area contributed by atoms with E-state index in [4.69, 9.17) is 27.6 Å². The predicted octanol–water partition coefficient (Wildman–Crippen LogP) is 6.17. The molecule has 5 rings (SSSR count). The summed E-state index contributed by atoms with van der Waals surface area (Å²) in [5, 5.41) is 5.38. The number of hydrogen-bond acceptors (Lipinski definition) is 7. The van der Waals surface area contributed by atoms with Gasteiger partial charge in [0, 0.05) is 30.0 Å². The molecule has 0 atom stereocenters. The van der Waals surface area contributed by atoms with E-state index < -0.39 is 0 Å². The number of piperidine rings is 1. The van der Waals surface area contributed by atoms with Crippen molar-refractivity contribution in [2.75, 3.05) is 23.3 Å². The second-order valence-electron chi connectivity index (χ2n) is 6.99. The number of aromatic nitrogens is 2. The highest BCUT2D eigenvalue weighted by Gasteiger charge is 2.28. The molecule has 6 nitrogen and oxygen atoms in total. The van der Waals surface area contributed by atoms with Crippen LogP contribution in [0, 0.1) is 5.92 Å². The van der Waals surface area contributed by atoms with Crippen molar-refractivity contribution in [1.29, 1.82) is 0 Å². The summed E-state index contributed by atoms with van der Waals surface area (Å²) in [5.41, 5.74) is 3.13. The molecule has 0 aliphatic carbocycles. The Morgan fingerprint density at radius 1 is 1.20 bits per heavy atom. The van der Waals surface area contributed by atoms with Crippen molar-refractivity contribution in [3.05, 3.63) is 44.4 Å². The number of hydrogen-bond donors (Lipinski definition) is 1. The number of nitrogens with one attached hydrogen (secondary N) is 1. The zero-order valence-electron chi connectivity index (χ0n) is 15.6. The number of thiophene rings is 1. The quantitative estimate of drug-likeness (QED) is 0.379. The van der Waals surface area contributed by atoms with Gasteiger partial charge in [0.25, 0.3) is 6.01 Å². The van der Waals surface area contributed by atoms with Crippen LogP contribution in [-0.4, -0.2) is 29.0 Å². The summed E-state index contributed by atoms with van der Waals surface area (Å²) in [7, 11) is 0. The molecule has 30 heavy (non-hydrogen) atoms. The van der Waals surface area contributed by atoms with Gasteiger partial charge in [0.2, 0.25) is 5.91 Å². The number of carbonyl (C=O) groups is 1. The highest BCUT2D eigenvalue weighted by atomic mass is 35.5. The normalized spacial score (nSPS) is 15.1. The predicted molar refractivity (Wildman–Crippen MR) is 123 cm³/mol. The molecule has 4 aromatic rings. The molecule has 3 aromatic heterocycles. The van der Waals surface area contributed by atoms with Crippen LogP contribution in [0.1, 0.15) is 12.8 Å². The molecule has 0 spiro atoms. The van der Waals surface area contributed by atoms with Gasteiger partial charge in [-0.15, -0.1) is 22.7 Å². The molecule has 1 N–H and O–H groups in total. The largest absolute Gasteiger partial charge is 0.423 e. The first-order valence-electron chi connectivity index (χ1n) is 9.39. The van der Waals surface area contributed by atoms with Crippen molar-refractivity contribution < 1.29 is 9.21 Å². The van der Waals surface area contributed by atoms with Gasteiger partial charge < -0.3 is 14.6 Å². The molecule has 1 fully saturated rings. The first-order chi connectivity index (χ1) is 14.6. The standard InChI is InChI=1S/C20H16Cl2N4O2S2/c21-16-9-12(17(22)30-16)14-10-29-19(23-14)25-18(27)11-5-7-26(8-6-11)20-24-13-3-1-2-4-15(13)28-20/h1-4,9-11H,5-8H2,(H,23,25,27). The van der Waals surface area contributed by atoms with Gasteiger partial charge in [0.1, 0.15) is 9.85 Å². The number of anilines is 2. The third-order valence-corrected chi connectivity index (χ3v) is 7.33. The molecule has 0 saturated carbocycles. The molecule has 0 unspecified atom stereocenters. The van der Waals surface area contributed by atoms with Gasteiger partial charge in [0.15, 0.2) is 10.7 Å². The number of benzene rings is 1. The fourth-order valence-electron chi connectivity index (χ4n) is 3.51. The average Bonchev–Trinajstić information content (AvgIpc) is 3.46. The molecule has 10 heteroatoms. The van der Waals surface area contributed by atoms with Gasteiger partial charge in [-0.1, -0.05) is 35.3 Å². The van der Waals surface area contributed by atoms with Gasteiger partial charge >= 0.3 is 0 Å². The molecule has 4 heterocycles. The molecule has 0 bridgehead atoms. The lowest BCUT2D eigenvalue weighted by Gasteiger charge is -2.29. The highest BCUT2D eigenvalue weighted by Crippen LogP contribution is 2.39. The number of carbonyl (C=O) groups excluding carboxylic acids is 1. The molecule has 0 radical (unpaired) electrons. The van der Waals surface area contributed by atoms with E-state index in [1.807, 2.05) is 29.6 Å². The van der Waals surface area contributed by atoms with E-state index in [1.165, 1.54) is 22.7 Å². The molecular formula is C20H16Cl2N4O2S2. The average molecular weight is 479 g/mol. The van der Waals surface area contributed by atoms with Crippen LogP contribution in [0.4, 0.5) is 11.1 Å². The van der Waals surface area contributed by atoms with Crippen LogP contribution in [0.3, 0.4) is 0 Å². The molecule has 1 aromatic carbocycles. The summed E-state index contributed by atoms with van der Waals surface area (Å²) in [6.45, 7) is 1.44. The third-order valence-electron chi connectivity index (χ3n) is 5.09. The Morgan fingerprint density at radius 3 is 2.73 bits per heavy atom. The summed E-state index contributed by atoms with van der Waals surface area (Å²) in [6.07, 6.45) is 1.46. The van der Waals surface area contributed by atoms with Gasteiger partial charge in [-0.05, 0) is 31.0 Å². The van der Waals surface area contributed by atoms with E-state index in [0.717, 1.165) is 42.6 Å². The van der Waals surface area contributed by atoms with Crippen molar-refractivity contribution in [2.45, 2.75) is 12.8 Å². The number of amides is 1. The summed E-state index contributed by atoms with van der Waals surface area (Å²) in [5.74, 6) is -0.0836. The topological polar surface area (TPSA) is 71.3 Å². The monoisotopic (exact) mass is 478 g/mol. The van der Waals surface area contributed by atoms with Crippen molar-refractivity contribution in [3.8, 4) is 11.3 Å². The van der Waals surface area contributed by atoms with E-state index in [0.29, 0.717) is 25.5 Å². The van der Waals surface area contributed by atoms with Crippen LogP contribution in [-0.2, 0) is 4.79 Å². The number of halogens is 2. The molecule has 1 aliphatic heterocycles. The summed E-state index contributed by atoms with van der Waals surface area (Å²) in [4.78, 5) is 23.8. The van der Waals surface area contributed by atoms with Crippen molar-refractivity contribution >= 4 is 74.0 Å². The van der Waals surface area contributed by atoms with Crippen LogP contribution in [0.15, 0.2) is 40.1 Å². The van der Waals surface area contributed by atoms with Gasteiger partial charge in [-0.2, -0.15) is 4.98 Å². The second kappa shape index (κ2) is 8.19. The van der Waals surface area contributed by atoms with Crippen molar-refractivity contribution in [2.24, 2.45) is 5.92 Å². The maximum absolute atomic E-state index is 12.7. The minimum atomic E-state index is -0.0721. The van der Waals surface area contributed by atoms with Crippen LogP contribution in [0.2, 0.25) is 8.67 Å². The smallest absolute Gasteiger partial charge is 0.298 e. The second-order valence-corrected chi connectivity index (χ2v) is 10.1. The number of oxazole rings is 1. The van der Waals surface area contributed by atoms with E-state index in [9.17, 15) is 4.79 Å². The molecule has 1 saturated heterocycles. The Bertz CT molecular complexity index is 1180. The zero-order valence-corrected chi connectivity index (χ0v) is 18.7. The number of thiazole rings is 1. The number of rotatable bonds is 4. The van der Waals surface area contributed by atoms with E-state index in [2.05, 4.69) is 20.2 Å². The number of fused-ring (bicyclic) bond motifs is 1. The minimum absolute atomic E-state index is 0.0115. The molecule has 1 aliphatic rings. The van der Waals surface area contributed by atoms with Gasteiger partial charge in [0.05, 0.1) is 10.0 Å². The summed E-state index contributed by atoms with van der Waals surface area (Å²) >= 11 is 14.9. The Balaban J connectivity index is 1.20. The fourth-order valence-corrected chi connectivity index (χ4v) is 5.70. The van der Waals surface area contributed by atoms with Crippen LogP contribution >= 0.6 is 45.9 Å². The SMILES string of the molecule is O=C(Nc1nc(-c2cc(Cl)sc2Cl)cs1)C1CCN(c2nc3ccccc3o2)CC1. The summed E-state index contributed by atoms with van der Waals surface area (Å²) in [6, 6.07) is 10.1. The van der Waals surface area contributed by atoms with Gasteiger partial charge in [-0.25, -0.2) is 4.98 Å². The van der Waals surface area contributed by atoms with Crippen molar-refractivity contribution in [1.82, 2.24) is 9.97 Å². The molecule has 1 amide bonds. The highest BCUT2D eigenvalue weighted by molar-refractivity contribution is 7.20. The summed E-state index contributed by atoms with van der Waals surface area (Å²) < 4.78 is 7.04. The van der Waals surface area contributed by atoms with E-state index in [-0.39, 0.29) is 11.8 Å². The maximum Gasteiger partial charge on any atom is 0.298 e. The minimum Gasteiger partial charge on any atom is -0.423 e. The Kier molecular flexibility index (Phi) is 5.41. The third kappa shape index (κ3) is 3.92. The first kappa shape index (κ1) is 19.8. The van der Waals surface area contributed by atoms with Crippen molar-refractivity contribution in [3.63, 3.8) is 0 Å². The Hall–Kier alpha value is -2.13. The lowest BCUT2D eigenvalue weighted by Crippen LogP contribution is -2.38. The van der Waals surface area contributed by atoms with Crippen LogP contribution < -0.4 is 10.2 Å². The lowest BCUT2D eigenvalue weighted by molar-refractivity contribution is -0.120. The maximum atomic E-state index is 12.7. The van der Waals surface area contributed by atoms with Gasteiger partial charge in [-0.3, -0.25) is 4.79 Å².